The molecule has 0 radical (unpaired) electrons. The monoisotopic (exact) mass is 609 g/mol. The number of nitrogens with one attached hydrogen (secondary N) is 1. The maximum absolute atomic E-state index is 12.9. The van der Waals surface area contributed by atoms with Crippen molar-refractivity contribution in [1.82, 2.24) is 24.8 Å². The predicted octanol–water partition coefficient (Wildman–Crippen LogP) is 5.77. The number of nitrogens with zero attached hydrogens (tertiary/aromatic N) is 6. The number of benzene rings is 2. The minimum absolute atomic E-state index is 0.175. The molecule has 1 N–H and O–H groups in total. The standard InChI is InChI=1S/C34H39N7O4/c1-23-21-43-19-18-41(23)31-27-15-17-40(33(42)45-34(2,3)4)20-28(27)37-30(39-31)25-10-12-26(13-11-25)36-32-35-16-14-29(38-32)44-22-24-8-6-5-7-9-24/h5-14,16,23H,15,17-22H2,1-4H3,(H,35,36,38)/t23-/m0/s1. The van der Waals surface area contributed by atoms with Crippen molar-refractivity contribution >= 4 is 23.5 Å². The highest BCUT2D eigenvalue weighted by Gasteiger charge is 2.32. The van der Waals surface area contributed by atoms with E-state index in [1.54, 1.807) is 17.2 Å². The molecule has 2 aromatic heterocycles. The summed E-state index contributed by atoms with van der Waals surface area (Å²) in [5, 5.41) is 3.25. The summed E-state index contributed by atoms with van der Waals surface area (Å²) in [4.78, 5) is 35.9. The first-order chi connectivity index (χ1) is 21.7. The van der Waals surface area contributed by atoms with Crippen molar-refractivity contribution in [3.63, 3.8) is 0 Å². The van der Waals surface area contributed by atoms with E-state index in [0.29, 0.717) is 57.0 Å². The van der Waals surface area contributed by atoms with Gasteiger partial charge in [-0.15, -0.1) is 0 Å². The second-order valence-electron chi connectivity index (χ2n) is 12.3. The van der Waals surface area contributed by atoms with Crippen molar-refractivity contribution in [2.45, 2.75) is 58.9 Å². The quantitative estimate of drug-likeness (QED) is 0.277. The van der Waals surface area contributed by atoms with Crippen LogP contribution in [0.25, 0.3) is 11.4 Å². The van der Waals surface area contributed by atoms with E-state index in [0.717, 1.165) is 40.4 Å². The summed E-state index contributed by atoms with van der Waals surface area (Å²) >= 11 is 0. The van der Waals surface area contributed by atoms with E-state index in [2.05, 4.69) is 27.1 Å². The van der Waals surface area contributed by atoms with Crippen molar-refractivity contribution in [2.75, 3.05) is 36.5 Å². The van der Waals surface area contributed by atoms with Gasteiger partial charge in [-0.3, -0.25) is 0 Å². The lowest BCUT2D eigenvalue weighted by Gasteiger charge is -2.38. The van der Waals surface area contributed by atoms with Crippen LogP contribution >= 0.6 is 0 Å². The Balaban J connectivity index is 1.22. The van der Waals surface area contributed by atoms with E-state index in [9.17, 15) is 4.79 Å². The maximum Gasteiger partial charge on any atom is 0.410 e. The molecule has 4 heterocycles. The van der Waals surface area contributed by atoms with Crippen LogP contribution in [0.15, 0.2) is 66.9 Å². The fraction of sp³-hybridized carbons (Fsp3) is 0.382. The summed E-state index contributed by atoms with van der Waals surface area (Å²) < 4.78 is 17.2. The number of hydrogen-bond acceptors (Lipinski definition) is 10. The van der Waals surface area contributed by atoms with Crippen LogP contribution in [-0.2, 0) is 29.0 Å². The molecule has 1 saturated heterocycles. The van der Waals surface area contributed by atoms with Gasteiger partial charge in [0.05, 0.1) is 31.5 Å². The van der Waals surface area contributed by atoms with E-state index in [1.807, 2.05) is 75.4 Å². The van der Waals surface area contributed by atoms with Gasteiger partial charge < -0.3 is 29.3 Å². The number of rotatable bonds is 7. The van der Waals surface area contributed by atoms with Gasteiger partial charge in [0.15, 0.2) is 5.82 Å². The van der Waals surface area contributed by atoms with Crippen LogP contribution in [0.2, 0.25) is 0 Å². The number of morpholine rings is 1. The number of carbonyl (C=O) groups is 1. The van der Waals surface area contributed by atoms with Gasteiger partial charge >= 0.3 is 6.09 Å². The fourth-order valence-electron chi connectivity index (χ4n) is 5.35. The first-order valence-electron chi connectivity index (χ1n) is 15.3. The van der Waals surface area contributed by atoms with Gasteiger partial charge in [0.25, 0.3) is 0 Å². The zero-order chi connectivity index (χ0) is 31.4. The lowest BCUT2D eigenvalue weighted by molar-refractivity contribution is 0.0220. The molecule has 0 spiro atoms. The van der Waals surface area contributed by atoms with Crippen LogP contribution in [0.1, 0.15) is 44.5 Å². The van der Waals surface area contributed by atoms with Crippen molar-refractivity contribution in [3.8, 4) is 17.3 Å². The number of amides is 1. The summed E-state index contributed by atoms with van der Waals surface area (Å²) in [5.41, 5.74) is 4.09. The molecule has 0 bridgehead atoms. The third-order valence-electron chi connectivity index (χ3n) is 7.59. The molecule has 11 heteroatoms. The third kappa shape index (κ3) is 7.49. The number of fused-ring (bicyclic) bond motifs is 1. The molecule has 2 aromatic carbocycles. The van der Waals surface area contributed by atoms with E-state index in [4.69, 9.17) is 24.2 Å². The van der Waals surface area contributed by atoms with Crippen LogP contribution in [0.4, 0.5) is 22.2 Å². The average molecular weight is 610 g/mol. The molecule has 1 atom stereocenters. The van der Waals surface area contributed by atoms with Crippen LogP contribution in [-0.4, -0.2) is 68.9 Å². The molecule has 4 aromatic rings. The molecule has 45 heavy (non-hydrogen) atoms. The molecule has 6 rings (SSSR count). The first-order valence-corrected chi connectivity index (χ1v) is 15.3. The summed E-state index contributed by atoms with van der Waals surface area (Å²) in [6.45, 7) is 11.1. The van der Waals surface area contributed by atoms with Gasteiger partial charge in [-0.1, -0.05) is 30.3 Å². The van der Waals surface area contributed by atoms with Crippen molar-refractivity contribution in [1.29, 1.82) is 0 Å². The molecule has 2 aliphatic rings. The second-order valence-corrected chi connectivity index (χ2v) is 12.3. The van der Waals surface area contributed by atoms with E-state index in [-0.39, 0.29) is 12.1 Å². The van der Waals surface area contributed by atoms with Crippen molar-refractivity contribution in [2.24, 2.45) is 0 Å². The Labute approximate surface area is 263 Å². The molecular formula is C34H39N7O4. The Bertz CT molecular complexity index is 1630. The zero-order valence-corrected chi connectivity index (χ0v) is 26.2. The number of aromatic nitrogens is 4. The van der Waals surface area contributed by atoms with E-state index in [1.165, 1.54) is 0 Å². The molecule has 0 saturated carbocycles. The van der Waals surface area contributed by atoms with Crippen LogP contribution in [0, 0.1) is 0 Å². The molecule has 2 aliphatic heterocycles. The largest absolute Gasteiger partial charge is 0.473 e. The summed E-state index contributed by atoms with van der Waals surface area (Å²) in [7, 11) is 0. The van der Waals surface area contributed by atoms with Crippen molar-refractivity contribution < 1.29 is 19.0 Å². The van der Waals surface area contributed by atoms with Gasteiger partial charge in [-0.2, -0.15) is 4.98 Å². The SMILES string of the molecule is C[C@H]1COCCN1c1nc(-c2ccc(Nc3nccc(OCc4ccccc4)n3)cc2)nc2c1CCN(C(=O)OC(C)(C)C)C2. The highest BCUT2D eigenvalue weighted by atomic mass is 16.6. The van der Waals surface area contributed by atoms with Gasteiger partial charge in [-0.05, 0) is 63.9 Å². The topological polar surface area (TPSA) is 115 Å². The lowest BCUT2D eigenvalue weighted by atomic mass is 10.0. The number of ether oxygens (including phenoxy) is 3. The maximum atomic E-state index is 12.9. The zero-order valence-electron chi connectivity index (χ0n) is 26.2. The molecule has 11 nitrogen and oxygen atoms in total. The van der Waals surface area contributed by atoms with Crippen LogP contribution in [0.5, 0.6) is 5.88 Å². The van der Waals surface area contributed by atoms with Crippen molar-refractivity contribution in [3.05, 3.63) is 83.7 Å². The van der Waals surface area contributed by atoms with Gasteiger partial charge in [-0.25, -0.2) is 19.7 Å². The fourth-order valence-corrected chi connectivity index (χ4v) is 5.35. The molecule has 1 amide bonds. The minimum Gasteiger partial charge on any atom is -0.473 e. The normalized spacial score (nSPS) is 16.6. The smallest absolute Gasteiger partial charge is 0.410 e. The number of carbonyl (C=O) groups excluding carboxylic acids is 1. The van der Waals surface area contributed by atoms with Gasteiger partial charge in [0.1, 0.15) is 18.0 Å². The van der Waals surface area contributed by atoms with Crippen LogP contribution in [0.3, 0.4) is 0 Å². The van der Waals surface area contributed by atoms with E-state index >= 15 is 0 Å². The number of hydrogen-bond donors (Lipinski definition) is 1. The second kappa shape index (κ2) is 13.1. The van der Waals surface area contributed by atoms with Crippen LogP contribution < -0.4 is 15.0 Å². The average Bonchev–Trinajstić information content (AvgIpc) is 3.03. The Morgan fingerprint density at radius 3 is 2.58 bits per heavy atom. The van der Waals surface area contributed by atoms with Gasteiger partial charge in [0.2, 0.25) is 11.8 Å². The first kappa shape index (κ1) is 30.3. The van der Waals surface area contributed by atoms with Gasteiger partial charge in [0, 0.05) is 42.2 Å². The molecule has 0 aliphatic carbocycles. The lowest BCUT2D eigenvalue weighted by Crippen LogP contribution is -2.46. The Morgan fingerprint density at radius 2 is 1.82 bits per heavy atom. The Kier molecular flexibility index (Phi) is 8.79. The predicted molar refractivity (Wildman–Crippen MR) is 172 cm³/mol. The number of anilines is 3. The summed E-state index contributed by atoms with van der Waals surface area (Å²) in [6.07, 6.45) is 1.99. The van der Waals surface area contributed by atoms with E-state index < -0.39 is 5.60 Å². The summed E-state index contributed by atoms with van der Waals surface area (Å²) in [6, 6.07) is 19.7. The Morgan fingerprint density at radius 1 is 1.02 bits per heavy atom. The molecule has 234 valence electrons. The minimum atomic E-state index is -0.570. The summed E-state index contributed by atoms with van der Waals surface area (Å²) in [5.74, 6) is 2.44. The molecule has 1 fully saturated rings. The Hall–Kier alpha value is -4.77. The molecular weight excluding hydrogens is 570 g/mol. The highest BCUT2D eigenvalue weighted by Crippen LogP contribution is 2.32. The molecule has 0 unspecified atom stereocenters. The third-order valence-corrected chi connectivity index (χ3v) is 7.59. The highest BCUT2D eigenvalue weighted by molar-refractivity contribution is 5.70.